The van der Waals surface area contributed by atoms with Crippen LogP contribution in [0.5, 0.6) is 0 Å². The van der Waals surface area contributed by atoms with E-state index in [1.54, 1.807) is 12.1 Å². The number of nitrogens with zero attached hydrogens (tertiary/aromatic N) is 2. The molecule has 138 valence electrons. The Bertz CT molecular complexity index is 773. The summed E-state index contributed by atoms with van der Waals surface area (Å²) in [6, 6.07) is 5.14. The van der Waals surface area contributed by atoms with Crippen LogP contribution in [0.25, 0.3) is 0 Å². The molecule has 1 aliphatic heterocycles. The molecule has 1 atom stereocenters. The molecule has 0 radical (unpaired) electrons. The number of anilines is 1. The first-order chi connectivity index (χ1) is 11.7. The Balaban J connectivity index is 2.12. The molecular formula is C17H24N2O3S3. The number of carbonyl (C=O) groups excluding carboxylic acids is 1. The van der Waals surface area contributed by atoms with Crippen molar-refractivity contribution in [3.05, 3.63) is 29.3 Å². The molecule has 0 amide bonds. The molecule has 1 heterocycles. The molecule has 0 bridgehead atoms. The van der Waals surface area contributed by atoms with Crippen molar-refractivity contribution < 1.29 is 13.2 Å². The molecule has 2 rings (SSSR count). The molecule has 0 unspecified atom stereocenters. The van der Waals surface area contributed by atoms with E-state index in [4.69, 9.17) is 12.2 Å². The Morgan fingerprint density at radius 1 is 1.36 bits per heavy atom. The number of carbonyl (C=O) groups is 1. The standard InChI is InChI=1S/C17H24N2O3S3/c1-5-18(6-2)17(23)24-11-16(20)13-7-8-15-14(10-13)9-12(3)19(15)25(4,21)22/h7-8,10,12H,5-6,9,11H2,1-4H3/t12-/m0/s1. The zero-order valence-electron chi connectivity index (χ0n) is 15.0. The second-order valence-electron chi connectivity index (χ2n) is 6.11. The van der Waals surface area contributed by atoms with Crippen molar-refractivity contribution in [3.63, 3.8) is 0 Å². The fourth-order valence-corrected chi connectivity index (χ4v) is 5.63. The highest BCUT2D eigenvalue weighted by Crippen LogP contribution is 2.34. The third kappa shape index (κ3) is 4.54. The maximum Gasteiger partial charge on any atom is 0.232 e. The van der Waals surface area contributed by atoms with Gasteiger partial charge < -0.3 is 4.90 Å². The summed E-state index contributed by atoms with van der Waals surface area (Å²) in [6.07, 6.45) is 1.83. The van der Waals surface area contributed by atoms with Gasteiger partial charge in [-0.3, -0.25) is 9.10 Å². The van der Waals surface area contributed by atoms with Gasteiger partial charge in [0.1, 0.15) is 4.32 Å². The van der Waals surface area contributed by atoms with E-state index in [1.165, 1.54) is 22.3 Å². The Morgan fingerprint density at radius 2 is 2.00 bits per heavy atom. The van der Waals surface area contributed by atoms with Gasteiger partial charge in [-0.25, -0.2) is 8.42 Å². The third-order valence-corrected chi connectivity index (χ3v) is 7.05. The summed E-state index contributed by atoms with van der Waals surface area (Å²) in [6.45, 7) is 7.60. The van der Waals surface area contributed by atoms with Gasteiger partial charge in [0.15, 0.2) is 5.78 Å². The molecule has 1 aromatic carbocycles. The van der Waals surface area contributed by atoms with Gasteiger partial charge in [0, 0.05) is 24.7 Å². The normalized spacial score (nSPS) is 16.6. The fourth-order valence-electron chi connectivity index (χ4n) is 3.07. The molecule has 0 saturated carbocycles. The monoisotopic (exact) mass is 400 g/mol. The van der Waals surface area contributed by atoms with Gasteiger partial charge in [-0.1, -0.05) is 24.0 Å². The predicted octanol–water partition coefficient (Wildman–Crippen LogP) is 2.94. The van der Waals surface area contributed by atoms with Crippen molar-refractivity contribution in [2.45, 2.75) is 33.2 Å². The zero-order valence-corrected chi connectivity index (χ0v) is 17.4. The summed E-state index contributed by atoms with van der Waals surface area (Å²) >= 11 is 6.73. The average Bonchev–Trinajstić information content (AvgIpc) is 2.88. The minimum absolute atomic E-state index is 0.00719. The number of Topliss-reactive ketones (excluding diaryl/α,β-unsaturated/α-hetero) is 1. The number of thioether (sulfide) groups is 1. The fraction of sp³-hybridized carbons (Fsp3) is 0.529. The molecule has 0 aliphatic carbocycles. The molecule has 1 aliphatic rings. The van der Waals surface area contributed by atoms with E-state index in [0.717, 1.165) is 23.0 Å². The number of hydrogen-bond acceptors (Lipinski definition) is 5. The van der Waals surface area contributed by atoms with Crippen molar-refractivity contribution in [1.82, 2.24) is 4.90 Å². The summed E-state index contributed by atoms with van der Waals surface area (Å²) in [4.78, 5) is 14.5. The van der Waals surface area contributed by atoms with Gasteiger partial charge in [-0.2, -0.15) is 0 Å². The van der Waals surface area contributed by atoms with Crippen LogP contribution in [0.3, 0.4) is 0 Å². The molecule has 0 fully saturated rings. The van der Waals surface area contributed by atoms with Crippen molar-refractivity contribution >= 4 is 49.8 Å². The van der Waals surface area contributed by atoms with Crippen LogP contribution in [0, 0.1) is 0 Å². The van der Waals surface area contributed by atoms with Crippen molar-refractivity contribution in [2.75, 3.05) is 29.4 Å². The SMILES string of the molecule is CCN(CC)C(=S)SCC(=O)c1ccc2c(c1)C[C@H](C)N2S(C)(=O)=O. The Kier molecular flexibility index (Phi) is 6.51. The number of hydrogen-bond donors (Lipinski definition) is 0. The second kappa shape index (κ2) is 8.05. The largest absolute Gasteiger partial charge is 0.358 e. The van der Waals surface area contributed by atoms with Crippen LogP contribution in [0.4, 0.5) is 5.69 Å². The number of ketones is 1. The van der Waals surface area contributed by atoms with E-state index in [9.17, 15) is 13.2 Å². The third-order valence-electron chi connectivity index (χ3n) is 4.26. The highest BCUT2D eigenvalue weighted by atomic mass is 32.2. The first-order valence-corrected chi connectivity index (χ1v) is 11.5. The van der Waals surface area contributed by atoms with Gasteiger partial charge in [0.2, 0.25) is 10.0 Å². The lowest BCUT2D eigenvalue weighted by molar-refractivity contribution is 0.102. The summed E-state index contributed by atoms with van der Waals surface area (Å²) in [5.41, 5.74) is 2.19. The van der Waals surface area contributed by atoms with Crippen LogP contribution in [0.15, 0.2) is 18.2 Å². The summed E-state index contributed by atoms with van der Waals surface area (Å²) < 4.78 is 26.1. The van der Waals surface area contributed by atoms with Crippen molar-refractivity contribution in [1.29, 1.82) is 0 Å². The number of rotatable bonds is 6. The molecule has 1 aromatic rings. The van der Waals surface area contributed by atoms with Gasteiger partial charge in [-0.15, -0.1) is 0 Å². The maximum absolute atomic E-state index is 12.5. The first kappa shape index (κ1) is 20.2. The van der Waals surface area contributed by atoms with E-state index in [1.807, 2.05) is 31.7 Å². The van der Waals surface area contributed by atoms with E-state index in [-0.39, 0.29) is 11.8 Å². The van der Waals surface area contributed by atoms with Gasteiger partial charge in [-0.05, 0) is 51.0 Å². The Labute approximate surface area is 159 Å². The first-order valence-electron chi connectivity index (χ1n) is 8.26. The predicted molar refractivity (Wildman–Crippen MR) is 109 cm³/mol. The van der Waals surface area contributed by atoms with Crippen LogP contribution in [-0.4, -0.2) is 54.6 Å². The quantitative estimate of drug-likeness (QED) is 0.541. The average molecular weight is 401 g/mol. The van der Waals surface area contributed by atoms with E-state index in [0.29, 0.717) is 23.4 Å². The van der Waals surface area contributed by atoms with Crippen molar-refractivity contribution in [3.8, 4) is 0 Å². The molecule has 8 heteroatoms. The summed E-state index contributed by atoms with van der Waals surface area (Å²) in [5.74, 6) is 0.298. The highest BCUT2D eigenvalue weighted by molar-refractivity contribution is 8.23. The number of benzene rings is 1. The van der Waals surface area contributed by atoms with Crippen molar-refractivity contribution in [2.24, 2.45) is 0 Å². The molecule has 25 heavy (non-hydrogen) atoms. The minimum atomic E-state index is -3.31. The van der Waals surface area contributed by atoms with Crippen LogP contribution in [0.2, 0.25) is 0 Å². The van der Waals surface area contributed by atoms with E-state index in [2.05, 4.69) is 0 Å². The number of thiocarbonyl (C=S) groups is 1. The van der Waals surface area contributed by atoms with Gasteiger partial charge in [0.25, 0.3) is 0 Å². The van der Waals surface area contributed by atoms with E-state index >= 15 is 0 Å². The van der Waals surface area contributed by atoms with Crippen LogP contribution in [-0.2, 0) is 16.4 Å². The lowest BCUT2D eigenvalue weighted by Gasteiger charge is -2.22. The molecule has 0 aromatic heterocycles. The highest BCUT2D eigenvalue weighted by Gasteiger charge is 2.32. The van der Waals surface area contributed by atoms with Gasteiger partial charge >= 0.3 is 0 Å². The van der Waals surface area contributed by atoms with Crippen LogP contribution in [0.1, 0.15) is 36.7 Å². The van der Waals surface area contributed by atoms with Crippen LogP contribution >= 0.6 is 24.0 Å². The molecule has 0 N–H and O–H groups in total. The summed E-state index contributed by atoms with van der Waals surface area (Å²) in [5, 5.41) is 0. The minimum Gasteiger partial charge on any atom is -0.358 e. The lowest BCUT2D eigenvalue weighted by atomic mass is 10.0. The van der Waals surface area contributed by atoms with Gasteiger partial charge in [0.05, 0.1) is 17.7 Å². The summed E-state index contributed by atoms with van der Waals surface area (Å²) in [7, 11) is -3.31. The molecule has 0 spiro atoms. The van der Waals surface area contributed by atoms with E-state index < -0.39 is 10.0 Å². The number of fused-ring (bicyclic) bond motifs is 1. The smallest absolute Gasteiger partial charge is 0.232 e. The Hall–Kier alpha value is -1.12. The maximum atomic E-state index is 12.5. The topological polar surface area (TPSA) is 57.7 Å². The molecular weight excluding hydrogens is 376 g/mol. The zero-order chi connectivity index (χ0) is 18.8. The number of sulfonamides is 1. The Morgan fingerprint density at radius 3 is 2.56 bits per heavy atom. The molecule has 5 nitrogen and oxygen atoms in total. The second-order valence-corrected chi connectivity index (χ2v) is 9.57. The van der Waals surface area contributed by atoms with Crippen LogP contribution < -0.4 is 4.31 Å². The molecule has 0 saturated heterocycles. The lowest BCUT2D eigenvalue weighted by Crippen LogP contribution is -2.34.